The number of halogens is 1. The minimum atomic E-state index is 0.627. The lowest BCUT2D eigenvalue weighted by atomic mass is 10.1. The number of nitrogens with zero attached hydrogens (tertiary/aromatic N) is 2. The second-order valence-corrected chi connectivity index (χ2v) is 5.78. The molecule has 0 atom stereocenters. The second-order valence-electron chi connectivity index (χ2n) is 4.86. The number of hydrogen-bond donors (Lipinski definition) is 1. The summed E-state index contributed by atoms with van der Waals surface area (Å²) < 4.78 is 0.888. The SMILES string of the molecule is Cc1ccc(Nc2cc(Br)cc(C#N)c2)cc1N(C)C. The van der Waals surface area contributed by atoms with Crippen molar-refractivity contribution in [3.05, 3.63) is 52.0 Å². The monoisotopic (exact) mass is 329 g/mol. The molecule has 0 radical (unpaired) electrons. The van der Waals surface area contributed by atoms with E-state index in [1.807, 2.05) is 32.3 Å². The summed E-state index contributed by atoms with van der Waals surface area (Å²) in [5, 5.41) is 12.3. The Bertz CT molecular complexity index is 672. The van der Waals surface area contributed by atoms with Crippen LogP contribution in [0.2, 0.25) is 0 Å². The van der Waals surface area contributed by atoms with Crippen LogP contribution in [-0.2, 0) is 0 Å². The highest BCUT2D eigenvalue weighted by atomic mass is 79.9. The van der Waals surface area contributed by atoms with Crippen LogP contribution in [0.4, 0.5) is 17.1 Å². The van der Waals surface area contributed by atoms with Crippen molar-refractivity contribution in [1.82, 2.24) is 0 Å². The molecular weight excluding hydrogens is 314 g/mol. The van der Waals surface area contributed by atoms with Crippen molar-refractivity contribution in [2.24, 2.45) is 0 Å². The summed E-state index contributed by atoms with van der Waals surface area (Å²) >= 11 is 3.42. The molecule has 0 amide bonds. The smallest absolute Gasteiger partial charge is 0.0992 e. The molecule has 0 saturated heterocycles. The van der Waals surface area contributed by atoms with Crippen molar-refractivity contribution < 1.29 is 0 Å². The van der Waals surface area contributed by atoms with Crippen molar-refractivity contribution in [2.75, 3.05) is 24.3 Å². The van der Waals surface area contributed by atoms with Crippen molar-refractivity contribution in [3.8, 4) is 6.07 Å². The minimum absolute atomic E-state index is 0.627. The molecule has 0 unspecified atom stereocenters. The van der Waals surface area contributed by atoms with Crippen LogP contribution < -0.4 is 10.2 Å². The first-order valence-electron chi connectivity index (χ1n) is 6.25. The van der Waals surface area contributed by atoms with E-state index in [2.05, 4.69) is 51.3 Å². The van der Waals surface area contributed by atoms with E-state index in [1.54, 1.807) is 6.07 Å². The molecule has 102 valence electrons. The van der Waals surface area contributed by atoms with Gasteiger partial charge in [-0.3, -0.25) is 0 Å². The van der Waals surface area contributed by atoms with Gasteiger partial charge in [0.2, 0.25) is 0 Å². The number of aryl methyl sites for hydroxylation is 1. The first kappa shape index (κ1) is 14.4. The summed E-state index contributed by atoms with van der Waals surface area (Å²) in [5.74, 6) is 0. The van der Waals surface area contributed by atoms with Crippen LogP contribution in [-0.4, -0.2) is 14.1 Å². The van der Waals surface area contributed by atoms with Crippen molar-refractivity contribution in [1.29, 1.82) is 5.26 Å². The Labute approximate surface area is 128 Å². The highest BCUT2D eigenvalue weighted by molar-refractivity contribution is 9.10. The third-order valence-electron chi connectivity index (χ3n) is 3.01. The average Bonchev–Trinajstić information content (AvgIpc) is 2.40. The largest absolute Gasteiger partial charge is 0.377 e. The summed E-state index contributed by atoms with van der Waals surface area (Å²) in [7, 11) is 4.05. The van der Waals surface area contributed by atoms with Gasteiger partial charge in [-0.05, 0) is 42.8 Å². The molecule has 0 spiro atoms. The maximum Gasteiger partial charge on any atom is 0.0992 e. The molecular formula is C16H16BrN3. The van der Waals surface area contributed by atoms with Gasteiger partial charge in [0.05, 0.1) is 11.6 Å². The fourth-order valence-electron chi connectivity index (χ4n) is 2.06. The van der Waals surface area contributed by atoms with E-state index < -0.39 is 0 Å². The highest BCUT2D eigenvalue weighted by Crippen LogP contribution is 2.27. The summed E-state index contributed by atoms with van der Waals surface area (Å²) in [5.41, 5.74) is 4.92. The molecule has 0 fully saturated rings. The number of nitrogens with one attached hydrogen (secondary N) is 1. The third kappa shape index (κ3) is 3.31. The predicted molar refractivity (Wildman–Crippen MR) is 87.6 cm³/mol. The van der Waals surface area contributed by atoms with E-state index in [0.717, 1.165) is 15.8 Å². The predicted octanol–water partition coefficient (Wildman–Crippen LogP) is 4.44. The molecule has 0 aliphatic carbocycles. The summed E-state index contributed by atoms with van der Waals surface area (Å²) in [6, 6.07) is 14.0. The molecule has 0 saturated carbocycles. The lowest BCUT2D eigenvalue weighted by molar-refractivity contribution is 1.11. The number of rotatable bonds is 3. The van der Waals surface area contributed by atoms with Crippen LogP contribution in [0.3, 0.4) is 0 Å². The minimum Gasteiger partial charge on any atom is -0.377 e. The topological polar surface area (TPSA) is 39.1 Å². The Hall–Kier alpha value is -1.99. The molecule has 0 aromatic heterocycles. The van der Waals surface area contributed by atoms with Crippen molar-refractivity contribution >= 4 is 33.0 Å². The van der Waals surface area contributed by atoms with E-state index in [0.29, 0.717) is 5.56 Å². The maximum atomic E-state index is 9.00. The van der Waals surface area contributed by atoms with Crippen LogP contribution in [0, 0.1) is 18.3 Å². The number of hydrogen-bond acceptors (Lipinski definition) is 3. The van der Waals surface area contributed by atoms with Gasteiger partial charge in [-0.2, -0.15) is 5.26 Å². The average molecular weight is 330 g/mol. The van der Waals surface area contributed by atoms with Crippen molar-refractivity contribution in [2.45, 2.75) is 6.92 Å². The molecule has 2 aromatic rings. The lowest BCUT2D eigenvalue weighted by Crippen LogP contribution is -2.10. The van der Waals surface area contributed by atoms with Gasteiger partial charge in [-0.15, -0.1) is 0 Å². The fourth-order valence-corrected chi connectivity index (χ4v) is 2.56. The van der Waals surface area contributed by atoms with E-state index in [-0.39, 0.29) is 0 Å². The van der Waals surface area contributed by atoms with Gasteiger partial charge in [0, 0.05) is 35.6 Å². The molecule has 3 nitrogen and oxygen atoms in total. The Kier molecular flexibility index (Phi) is 4.31. The number of nitriles is 1. The molecule has 0 aliphatic rings. The number of anilines is 3. The quantitative estimate of drug-likeness (QED) is 0.904. The van der Waals surface area contributed by atoms with Gasteiger partial charge in [0.15, 0.2) is 0 Å². The van der Waals surface area contributed by atoms with Crippen LogP contribution in [0.1, 0.15) is 11.1 Å². The van der Waals surface area contributed by atoms with Crippen LogP contribution in [0.15, 0.2) is 40.9 Å². The lowest BCUT2D eigenvalue weighted by Gasteiger charge is -2.17. The fraction of sp³-hybridized carbons (Fsp3) is 0.188. The molecule has 2 aromatic carbocycles. The van der Waals surface area contributed by atoms with E-state index >= 15 is 0 Å². The normalized spacial score (nSPS) is 9.95. The Balaban J connectivity index is 2.33. The van der Waals surface area contributed by atoms with Crippen LogP contribution in [0.5, 0.6) is 0 Å². The first-order valence-corrected chi connectivity index (χ1v) is 7.04. The molecule has 20 heavy (non-hydrogen) atoms. The zero-order valence-electron chi connectivity index (χ0n) is 11.7. The van der Waals surface area contributed by atoms with E-state index in [1.165, 1.54) is 11.3 Å². The van der Waals surface area contributed by atoms with Crippen molar-refractivity contribution in [3.63, 3.8) is 0 Å². The molecule has 0 bridgehead atoms. The van der Waals surface area contributed by atoms with Crippen LogP contribution in [0.25, 0.3) is 0 Å². The Morgan fingerprint density at radius 1 is 1.10 bits per heavy atom. The Morgan fingerprint density at radius 3 is 2.50 bits per heavy atom. The Morgan fingerprint density at radius 2 is 1.85 bits per heavy atom. The molecule has 0 heterocycles. The van der Waals surface area contributed by atoms with E-state index in [4.69, 9.17) is 5.26 Å². The molecule has 1 N–H and O–H groups in total. The van der Waals surface area contributed by atoms with Gasteiger partial charge < -0.3 is 10.2 Å². The van der Waals surface area contributed by atoms with Gasteiger partial charge in [0.1, 0.15) is 0 Å². The third-order valence-corrected chi connectivity index (χ3v) is 3.46. The van der Waals surface area contributed by atoms with Gasteiger partial charge in [-0.25, -0.2) is 0 Å². The second kappa shape index (κ2) is 5.98. The standard InChI is InChI=1S/C16H16BrN3/c1-11-4-5-14(9-16(11)20(2)3)19-15-7-12(10-18)6-13(17)8-15/h4-9,19H,1-3H3. The van der Waals surface area contributed by atoms with Crippen LogP contribution >= 0.6 is 15.9 Å². The molecule has 0 aliphatic heterocycles. The molecule has 4 heteroatoms. The number of benzene rings is 2. The zero-order valence-corrected chi connectivity index (χ0v) is 13.3. The van der Waals surface area contributed by atoms with E-state index in [9.17, 15) is 0 Å². The van der Waals surface area contributed by atoms with Gasteiger partial charge in [-0.1, -0.05) is 22.0 Å². The summed E-state index contributed by atoms with van der Waals surface area (Å²) in [6.07, 6.45) is 0. The summed E-state index contributed by atoms with van der Waals surface area (Å²) in [4.78, 5) is 2.09. The van der Waals surface area contributed by atoms with Gasteiger partial charge in [0.25, 0.3) is 0 Å². The maximum absolute atomic E-state index is 9.00. The molecule has 2 rings (SSSR count). The zero-order chi connectivity index (χ0) is 14.7. The first-order chi connectivity index (χ1) is 9.49. The summed E-state index contributed by atoms with van der Waals surface area (Å²) in [6.45, 7) is 2.09. The highest BCUT2D eigenvalue weighted by Gasteiger charge is 2.04. The van der Waals surface area contributed by atoms with Gasteiger partial charge >= 0.3 is 0 Å².